The van der Waals surface area contributed by atoms with Crippen molar-refractivity contribution in [1.29, 1.82) is 0 Å². The monoisotopic (exact) mass is 270 g/mol. The maximum atomic E-state index is 11.9. The van der Waals surface area contributed by atoms with Gasteiger partial charge in [-0.15, -0.1) is 0 Å². The highest BCUT2D eigenvalue weighted by molar-refractivity contribution is 5.82. The minimum Gasteiger partial charge on any atom is -0.481 e. The highest BCUT2D eigenvalue weighted by Gasteiger charge is 2.32. The molecule has 0 heterocycles. The van der Waals surface area contributed by atoms with Crippen molar-refractivity contribution in [2.75, 3.05) is 6.54 Å². The second kappa shape index (κ2) is 6.37. The first-order valence-electron chi connectivity index (χ1n) is 6.99. The van der Waals surface area contributed by atoms with Crippen LogP contribution in [0, 0.1) is 17.3 Å². The van der Waals surface area contributed by atoms with Gasteiger partial charge in [-0.05, 0) is 24.2 Å². The van der Waals surface area contributed by atoms with Crippen molar-refractivity contribution in [1.82, 2.24) is 5.32 Å². The number of hydrogen-bond acceptors (Lipinski definition) is 3. The van der Waals surface area contributed by atoms with Gasteiger partial charge in [-0.25, -0.2) is 0 Å². The fourth-order valence-corrected chi connectivity index (χ4v) is 2.51. The van der Waals surface area contributed by atoms with E-state index in [1.807, 2.05) is 20.8 Å². The maximum absolute atomic E-state index is 11.9. The van der Waals surface area contributed by atoms with E-state index in [4.69, 9.17) is 5.73 Å². The summed E-state index contributed by atoms with van der Waals surface area (Å²) in [6.07, 6.45) is 3.57. The first-order chi connectivity index (χ1) is 8.73. The Morgan fingerprint density at radius 2 is 1.89 bits per heavy atom. The molecule has 19 heavy (non-hydrogen) atoms. The van der Waals surface area contributed by atoms with Crippen LogP contribution in [0.3, 0.4) is 0 Å². The van der Waals surface area contributed by atoms with Crippen molar-refractivity contribution in [3.63, 3.8) is 0 Å². The minimum absolute atomic E-state index is 0.0300. The highest BCUT2D eigenvalue weighted by Crippen LogP contribution is 2.29. The van der Waals surface area contributed by atoms with Gasteiger partial charge in [0, 0.05) is 6.54 Å². The molecule has 0 aromatic carbocycles. The molecule has 0 saturated heterocycles. The van der Waals surface area contributed by atoms with Crippen molar-refractivity contribution in [3.8, 4) is 0 Å². The molecule has 5 heteroatoms. The SMILES string of the molecule is CC(C)(C)[C@H](N)C(=O)NC[C@@H]1CCCC[C@@H]1C(=O)O. The quantitative estimate of drug-likeness (QED) is 0.719. The molecule has 4 N–H and O–H groups in total. The van der Waals surface area contributed by atoms with E-state index < -0.39 is 12.0 Å². The van der Waals surface area contributed by atoms with Gasteiger partial charge in [-0.2, -0.15) is 0 Å². The van der Waals surface area contributed by atoms with Gasteiger partial charge in [-0.3, -0.25) is 9.59 Å². The van der Waals surface area contributed by atoms with Crippen LogP contribution in [0.2, 0.25) is 0 Å². The van der Waals surface area contributed by atoms with Crippen molar-refractivity contribution in [3.05, 3.63) is 0 Å². The van der Waals surface area contributed by atoms with Crippen LogP contribution in [0.5, 0.6) is 0 Å². The number of aliphatic carboxylic acids is 1. The Bertz CT molecular complexity index is 336. The predicted octanol–water partition coefficient (Wildman–Crippen LogP) is 1.37. The number of carboxylic acids is 1. The van der Waals surface area contributed by atoms with E-state index in [0.29, 0.717) is 13.0 Å². The molecule has 1 aliphatic carbocycles. The average Bonchev–Trinajstić information content (AvgIpc) is 2.34. The molecule has 5 nitrogen and oxygen atoms in total. The lowest BCUT2D eigenvalue weighted by Gasteiger charge is -2.30. The van der Waals surface area contributed by atoms with Crippen LogP contribution in [0.4, 0.5) is 0 Å². The van der Waals surface area contributed by atoms with Gasteiger partial charge in [0.2, 0.25) is 5.91 Å². The molecule has 0 bridgehead atoms. The van der Waals surface area contributed by atoms with E-state index in [-0.39, 0.29) is 23.2 Å². The Labute approximate surface area is 114 Å². The van der Waals surface area contributed by atoms with Crippen LogP contribution in [0.15, 0.2) is 0 Å². The summed E-state index contributed by atoms with van der Waals surface area (Å²) >= 11 is 0. The first kappa shape index (κ1) is 16.0. The van der Waals surface area contributed by atoms with Crippen molar-refractivity contribution in [2.24, 2.45) is 23.0 Å². The normalized spacial score (nSPS) is 25.7. The summed E-state index contributed by atoms with van der Waals surface area (Å²) in [5.41, 5.74) is 5.59. The summed E-state index contributed by atoms with van der Waals surface area (Å²) < 4.78 is 0. The summed E-state index contributed by atoms with van der Waals surface area (Å²) in [6.45, 7) is 6.16. The molecular formula is C14H26N2O3. The van der Waals surface area contributed by atoms with E-state index in [1.54, 1.807) is 0 Å². The smallest absolute Gasteiger partial charge is 0.306 e. The van der Waals surface area contributed by atoms with E-state index >= 15 is 0 Å². The van der Waals surface area contributed by atoms with Crippen molar-refractivity contribution < 1.29 is 14.7 Å². The van der Waals surface area contributed by atoms with Gasteiger partial charge >= 0.3 is 5.97 Å². The fourth-order valence-electron chi connectivity index (χ4n) is 2.51. The van der Waals surface area contributed by atoms with E-state index in [9.17, 15) is 14.7 Å². The average molecular weight is 270 g/mol. The molecule has 1 amide bonds. The van der Waals surface area contributed by atoms with Gasteiger partial charge in [-0.1, -0.05) is 33.6 Å². The van der Waals surface area contributed by atoms with Gasteiger partial charge in [0.15, 0.2) is 0 Å². The number of nitrogens with one attached hydrogen (secondary N) is 1. The summed E-state index contributed by atoms with van der Waals surface area (Å²) in [5.74, 6) is -1.25. The van der Waals surface area contributed by atoms with Crippen LogP contribution in [0.25, 0.3) is 0 Å². The third-order valence-corrected chi connectivity index (χ3v) is 3.98. The van der Waals surface area contributed by atoms with Crippen molar-refractivity contribution >= 4 is 11.9 Å². The number of nitrogens with two attached hydrogens (primary N) is 1. The molecule has 110 valence electrons. The minimum atomic E-state index is -0.751. The van der Waals surface area contributed by atoms with Gasteiger partial charge < -0.3 is 16.2 Å². The summed E-state index contributed by atoms with van der Waals surface area (Å²) in [6, 6.07) is -0.570. The van der Waals surface area contributed by atoms with Crippen molar-refractivity contribution in [2.45, 2.75) is 52.5 Å². The van der Waals surface area contributed by atoms with Crippen LogP contribution in [0.1, 0.15) is 46.5 Å². The summed E-state index contributed by atoms with van der Waals surface area (Å²) in [7, 11) is 0. The third kappa shape index (κ3) is 4.49. The first-order valence-corrected chi connectivity index (χ1v) is 6.99. The number of rotatable bonds is 4. The number of carbonyl (C=O) groups is 2. The lowest BCUT2D eigenvalue weighted by Crippen LogP contribution is -2.50. The Morgan fingerprint density at radius 3 is 2.42 bits per heavy atom. The molecule has 0 aromatic rings. The Hall–Kier alpha value is -1.10. The Kier molecular flexibility index (Phi) is 5.35. The van der Waals surface area contributed by atoms with Crippen LogP contribution >= 0.6 is 0 Å². The molecule has 0 radical (unpaired) electrons. The van der Waals surface area contributed by atoms with Gasteiger partial charge in [0.25, 0.3) is 0 Å². The van der Waals surface area contributed by atoms with E-state index in [1.165, 1.54) is 0 Å². The highest BCUT2D eigenvalue weighted by atomic mass is 16.4. The standard InChI is InChI=1S/C14H26N2O3/c1-14(2,3)11(15)12(17)16-8-9-6-4-5-7-10(9)13(18)19/h9-11H,4-8,15H2,1-3H3,(H,16,17)(H,18,19)/t9-,10-,11+/m0/s1. The molecule has 1 saturated carbocycles. The zero-order valence-corrected chi connectivity index (χ0v) is 12.1. The Morgan fingerprint density at radius 1 is 1.32 bits per heavy atom. The fraction of sp³-hybridized carbons (Fsp3) is 0.857. The molecule has 1 aliphatic rings. The molecule has 0 aliphatic heterocycles. The molecule has 1 rings (SSSR count). The number of amides is 1. The zero-order chi connectivity index (χ0) is 14.6. The lowest BCUT2D eigenvalue weighted by atomic mass is 9.79. The van der Waals surface area contributed by atoms with E-state index in [0.717, 1.165) is 19.3 Å². The maximum Gasteiger partial charge on any atom is 0.306 e. The van der Waals surface area contributed by atoms with Crippen LogP contribution in [-0.2, 0) is 9.59 Å². The zero-order valence-electron chi connectivity index (χ0n) is 12.1. The van der Waals surface area contributed by atoms with Crippen LogP contribution < -0.4 is 11.1 Å². The molecular weight excluding hydrogens is 244 g/mol. The van der Waals surface area contributed by atoms with Crippen LogP contribution in [-0.4, -0.2) is 29.6 Å². The second-order valence-corrected chi connectivity index (χ2v) is 6.58. The summed E-state index contributed by atoms with van der Waals surface area (Å²) in [4.78, 5) is 23.1. The molecule has 0 spiro atoms. The largest absolute Gasteiger partial charge is 0.481 e. The molecule has 1 fully saturated rings. The third-order valence-electron chi connectivity index (χ3n) is 3.98. The number of carbonyl (C=O) groups excluding carboxylic acids is 1. The van der Waals surface area contributed by atoms with Gasteiger partial charge in [0.1, 0.15) is 0 Å². The number of carboxylic acid groups (broad SMARTS) is 1. The lowest BCUT2D eigenvalue weighted by molar-refractivity contribution is -0.145. The predicted molar refractivity (Wildman–Crippen MR) is 73.5 cm³/mol. The Balaban J connectivity index is 2.51. The molecule has 3 atom stereocenters. The van der Waals surface area contributed by atoms with Gasteiger partial charge in [0.05, 0.1) is 12.0 Å². The van der Waals surface area contributed by atoms with E-state index in [2.05, 4.69) is 5.32 Å². The summed E-state index contributed by atoms with van der Waals surface area (Å²) in [5, 5.41) is 12.0. The molecule has 0 unspecified atom stereocenters. The molecule has 0 aromatic heterocycles. The topological polar surface area (TPSA) is 92.4 Å². The second-order valence-electron chi connectivity index (χ2n) is 6.58. The number of hydrogen-bond donors (Lipinski definition) is 3.